The molecule has 1 atom stereocenters. The van der Waals surface area contributed by atoms with Crippen LogP contribution in [0, 0.1) is 15.9 Å². The molecule has 1 amide bonds. The number of carbonyl (C=O) groups is 2. The molecule has 0 heterocycles. The van der Waals surface area contributed by atoms with Gasteiger partial charge in [-0.05, 0) is 24.6 Å². The van der Waals surface area contributed by atoms with Crippen molar-refractivity contribution < 1.29 is 23.6 Å². The van der Waals surface area contributed by atoms with Gasteiger partial charge < -0.3 is 10.1 Å². The molecular formula is C17H15FN2O5. The van der Waals surface area contributed by atoms with E-state index in [2.05, 4.69) is 5.32 Å². The first kappa shape index (κ1) is 18.1. The topological polar surface area (TPSA) is 98.5 Å². The van der Waals surface area contributed by atoms with E-state index in [4.69, 9.17) is 4.74 Å². The predicted octanol–water partition coefficient (Wildman–Crippen LogP) is 2.60. The van der Waals surface area contributed by atoms with E-state index in [1.54, 1.807) is 0 Å². The van der Waals surface area contributed by atoms with Crippen molar-refractivity contribution in [3.8, 4) is 0 Å². The lowest BCUT2D eigenvalue weighted by Gasteiger charge is -2.13. The fraction of sp³-hybridized carbons (Fsp3) is 0.176. The third-order valence-corrected chi connectivity index (χ3v) is 3.34. The van der Waals surface area contributed by atoms with Crippen molar-refractivity contribution in [3.63, 3.8) is 0 Å². The van der Waals surface area contributed by atoms with Crippen molar-refractivity contribution in [1.29, 1.82) is 0 Å². The summed E-state index contributed by atoms with van der Waals surface area (Å²) < 4.78 is 18.5. The lowest BCUT2D eigenvalue weighted by molar-refractivity contribution is -0.387. The molecule has 0 bridgehead atoms. The number of esters is 1. The summed E-state index contributed by atoms with van der Waals surface area (Å²) in [4.78, 5) is 33.5. The Bertz CT molecular complexity index is 795. The Morgan fingerprint density at radius 1 is 1.24 bits per heavy atom. The molecule has 2 aromatic rings. The number of halogens is 1. The number of amides is 1. The highest BCUT2D eigenvalue weighted by Gasteiger charge is 2.21. The van der Waals surface area contributed by atoms with Crippen molar-refractivity contribution >= 4 is 17.6 Å². The molecule has 0 fully saturated rings. The van der Waals surface area contributed by atoms with Gasteiger partial charge in [0.25, 0.3) is 5.91 Å². The maximum Gasteiger partial charge on any atom is 0.339 e. The van der Waals surface area contributed by atoms with Gasteiger partial charge in [-0.3, -0.25) is 14.9 Å². The number of carbonyl (C=O) groups excluding carboxylic acids is 2. The summed E-state index contributed by atoms with van der Waals surface area (Å²) in [5, 5.41) is 13.2. The van der Waals surface area contributed by atoms with Gasteiger partial charge in [0.1, 0.15) is 0 Å². The second-order valence-electron chi connectivity index (χ2n) is 5.17. The minimum absolute atomic E-state index is 0.217. The Balaban J connectivity index is 1.94. The number of benzene rings is 2. The third kappa shape index (κ3) is 4.84. The largest absolute Gasteiger partial charge is 0.449 e. The molecule has 0 spiro atoms. The van der Waals surface area contributed by atoms with Crippen LogP contribution in [0.2, 0.25) is 0 Å². The standard InChI is InChI=1S/C17H15FN2O5/c1-11(16(21)19-10-12-5-3-2-4-6-12)25-17(22)13-7-8-15(20(23)24)14(18)9-13/h2-9,11H,10H2,1H3,(H,19,21)/t11-/m1/s1. The lowest BCUT2D eigenvalue weighted by atomic mass is 10.2. The van der Waals surface area contributed by atoms with Crippen molar-refractivity contribution in [2.24, 2.45) is 0 Å². The van der Waals surface area contributed by atoms with Crippen LogP contribution in [0.15, 0.2) is 48.5 Å². The fourth-order valence-corrected chi connectivity index (χ4v) is 1.99. The van der Waals surface area contributed by atoms with Crippen LogP contribution in [0.3, 0.4) is 0 Å². The second-order valence-corrected chi connectivity index (χ2v) is 5.17. The van der Waals surface area contributed by atoms with Gasteiger partial charge in [-0.2, -0.15) is 4.39 Å². The Kier molecular flexibility index (Phi) is 5.78. The number of ether oxygens (including phenoxy) is 1. The van der Waals surface area contributed by atoms with E-state index >= 15 is 0 Å². The maximum atomic E-state index is 13.5. The zero-order chi connectivity index (χ0) is 18.4. The number of nitro benzene ring substituents is 1. The first-order valence-electron chi connectivity index (χ1n) is 7.35. The molecule has 2 aromatic carbocycles. The van der Waals surface area contributed by atoms with Crippen LogP contribution < -0.4 is 5.32 Å². The second kappa shape index (κ2) is 8.00. The summed E-state index contributed by atoms with van der Waals surface area (Å²) >= 11 is 0. The van der Waals surface area contributed by atoms with E-state index in [1.165, 1.54) is 6.92 Å². The molecule has 2 rings (SSSR count). The minimum Gasteiger partial charge on any atom is -0.449 e. The number of hydrogen-bond acceptors (Lipinski definition) is 5. The molecule has 8 heteroatoms. The average molecular weight is 346 g/mol. The van der Waals surface area contributed by atoms with Gasteiger partial charge in [-0.25, -0.2) is 4.79 Å². The van der Waals surface area contributed by atoms with Gasteiger partial charge in [0.15, 0.2) is 6.10 Å². The van der Waals surface area contributed by atoms with Gasteiger partial charge in [0.2, 0.25) is 5.82 Å². The highest BCUT2D eigenvalue weighted by atomic mass is 19.1. The van der Waals surface area contributed by atoms with E-state index in [0.29, 0.717) is 6.07 Å². The molecule has 0 saturated carbocycles. The summed E-state index contributed by atoms with van der Waals surface area (Å²) in [6, 6.07) is 11.8. The molecule has 130 valence electrons. The Hall–Kier alpha value is -3.29. The summed E-state index contributed by atoms with van der Waals surface area (Å²) in [7, 11) is 0. The summed E-state index contributed by atoms with van der Waals surface area (Å²) in [6.45, 7) is 1.65. The monoisotopic (exact) mass is 346 g/mol. The molecule has 0 aliphatic rings. The van der Waals surface area contributed by atoms with E-state index in [1.807, 2.05) is 30.3 Å². The summed E-state index contributed by atoms with van der Waals surface area (Å²) in [5.41, 5.74) is -0.0807. The quantitative estimate of drug-likeness (QED) is 0.492. The normalized spacial score (nSPS) is 11.4. The SMILES string of the molecule is C[C@@H](OC(=O)c1ccc([N+](=O)[O-])c(F)c1)C(=O)NCc1ccccc1. The number of nitro groups is 1. The van der Waals surface area contributed by atoms with E-state index in [9.17, 15) is 24.1 Å². The van der Waals surface area contributed by atoms with Crippen LogP contribution in [0.5, 0.6) is 0 Å². The number of hydrogen-bond donors (Lipinski definition) is 1. The predicted molar refractivity (Wildman–Crippen MR) is 86.2 cm³/mol. The lowest BCUT2D eigenvalue weighted by Crippen LogP contribution is -2.35. The fourth-order valence-electron chi connectivity index (χ4n) is 1.99. The van der Waals surface area contributed by atoms with Gasteiger partial charge in [-0.15, -0.1) is 0 Å². The first-order valence-corrected chi connectivity index (χ1v) is 7.35. The van der Waals surface area contributed by atoms with Gasteiger partial charge >= 0.3 is 11.7 Å². The molecule has 0 saturated heterocycles. The number of nitrogens with zero attached hydrogens (tertiary/aromatic N) is 1. The van der Waals surface area contributed by atoms with Gasteiger partial charge in [-0.1, -0.05) is 30.3 Å². The Labute approximate surface area is 142 Å². The van der Waals surface area contributed by atoms with E-state index in [0.717, 1.165) is 17.7 Å². The smallest absolute Gasteiger partial charge is 0.339 e. The Morgan fingerprint density at radius 3 is 2.52 bits per heavy atom. The molecule has 0 aliphatic carbocycles. The van der Waals surface area contributed by atoms with Gasteiger partial charge in [0, 0.05) is 12.6 Å². The minimum atomic E-state index is -1.15. The molecule has 25 heavy (non-hydrogen) atoms. The van der Waals surface area contributed by atoms with Crippen LogP contribution in [0.25, 0.3) is 0 Å². The zero-order valence-electron chi connectivity index (χ0n) is 13.3. The van der Waals surface area contributed by atoms with Crippen LogP contribution >= 0.6 is 0 Å². The van der Waals surface area contributed by atoms with Gasteiger partial charge in [0.05, 0.1) is 10.5 Å². The molecule has 7 nitrogen and oxygen atoms in total. The highest BCUT2D eigenvalue weighted by molar-refractivity contribution is 5.92. The van der Waals surface area contributed by atoms with E-state index in [-0.39, 0.29) is 12.1 Å². The van der Waals surface area contributed by atoms with E-state index < -0.39 is 34.4 Å². The zero-order valence-corrected chi connectivity index (χ0v) is 13.3. The van der Waals surface area contributed by atoms with Crippen LogP contribution in [0.1, 0.15) is 22.8 Å². The molecule has 0 aromatic heterocycles. The highest BCUT2D eigenvalue weighted by Crippen LogP contribution is 2.18. The molecule has 0 radical (unpaired) electrons. The molecular weight excluding hydrogens is 331 g/mol. The number of rotatable bonds is 6. The van der Waals surface area contributed by atoms with Crippen LogP contribution in [-0.4, -0.2) is 22.9 Å². The molecule has 1 N–H and O–H groups in total. The molecule has 0 aliphatic heterocycles. The Morgan fingerprint density at radius 2 is 1.92 bits per heavy atom. The maximum absolute atomic E-state index is 13.5. The summed E-state index contributed by atoms with van der Waals surface area (Å²) in [6.07, 6.45) is -1.10. The third-order valence-electron chi connectivity index (χ3n) is 3.34. The van der Waals surface area contributed by atoms with Crippen molar-refractivity contribution in [1.82, 2.24) is 5.32 Å². The van der Waals surface area contributed by atoms with Crippen molar-refractivity contribution in [3.05, 3.63) is 75.6 Å². The average Bonchev–Trinajstić information content (AvgIpc) is 2.59. The van der Waals surface area contributed by atoms with Crippen LogP contribution in [-0.2, 0) is 16.1 Å². The molecule has 0 unspecified atom stereocenters. The first-order chi connectivity index (χ1) is 11.9. The summed E-state index contributed by atoms with van der Waals surface area (Å²) in [5.74, 6) is -2.61. The van der Waals surface area contributed by atoms with Crippen molar-refractivity contribution in [2.75, 3.05) is 0 Å². The number of nitrogens with one attached hydrogen (secondary N) is 1. The van der Waals surface area contributed by atoms with Crippen LogP contribution in [0.4, 0.5) is 10.1 Å². The van der Waals surface area contributed by atoms with Crippen molar-refractivity contribution in [2.45, 2.75) is 19.6 Å².